The molecule has 0 saturated carbocycles. The lowest BCUT2D eigenvalue weighted by molar-refractivity contribution is 0.0393. The fraction of sp³-hybridized carbons (Fsp3) is 0.857. The molecule has 0 heterocycles. The maximum atomic E-state index is 5.84. The number of hydrogen-bond acceptors (Lipinski definition) is 1. The van der Waals surface area contributed by atoms with E-state index >= 15 is 0 Å². The molecule has 0 aromatic carbocycles. The summed E-state index contributed by atoms with van der Waals surface area (Å²) in [6.45, 7) is 5.32. The third kappa shape index (κ3) is 9.82. The Labute approximate surface area is 95.6 Å². The summed E-state index contributed by atoms with van der Waals surface area (Å²) < 4.78 is 5.84. The highest BCUT2D eigenvalue weighted by Gasteiger charge is 2.07. The highest BCUT2D eigenvalue weighted by Crippen LogP contribution is 2.12. The Morgan fingerprint density at radius 3 is 2.40 bits per heavy atom. The van der Waals surface area contributed by atoms with Crippen LogP contribution in [-0.2, 0) is 4.74 Å². The number of ether oxygens (including phenoxy) is 1. The van der Waals surface area contributed by atoms with E-state index in [0.29, 0.717) is 6.10 Å². The lowest BCUT2D eigenvalue weighted by Gasteiger charge is -2.16. The molecule has 0 spiro atoms. The summed E-state index contributed by atoms with van der Waals surface area (Å²) in [6, 6.07) is 0. The molecule has 0 saturated heterocycles. The molecule has 0 fully saturated rings. The number of terminal acetylenes is 1. The van der Waals surface area contributed by atoms with Gasteiger partial charge in [0.2, 0.25) is 0 Å². The van der Waals surface area contributed by atoms with E-state index in [0.717, 1.165) is 19.4 Å². The summed E-state index contributed by atoms with van der Waals surface area (Å²) in [6.07, 6.45) is 15.0. The van der Waals surface area contributed by atoms with Crippen molar-refractivity contribution in [2.45, 2.75) is 71.3 Å². The zero-order chi connectivity index (χ0) is 11.4. The van der Waals surface area contributed by atoms with Crippen LogP contribution in [0.5, 0.6) is 0 Å². The molecule has 0 aromatic rings. The van der Waals surface area contributed by atoms with Gasteiger partial charge < -0.3 is 4.74 Å². The maximum absolute atomic E-state index is 5.84. The van der Waals surface area contributed by atoms with Gasteiger partial charge >= 0.3 is 0 Å². The first kappa shape index (κ1) is 14.5. The van der Waals surface area contributed by atoms with E-state index in [4.69, 9.17) is 11.2 Å². The van der Waals surface area contributed by atoms with E-state index < -0.39 is 0 Å². The monoisotopic (exact) mass is 210 g/mol. The van der Waals surface area contributed by atoms with Crippen LogP contribution in [0, 0.1) is 12.3 Å². The minimum atomic E-state index is 0.402. The Hall–Kier alpha value is -0.480. The van der Waals surface area contributed by atoms with Gasteiger partial charge in [0.05, 0.1) is 6.10 Å². The van der Waals surface area contributed by atoms with Crippen LogP contribution in [0.4, 0.5) is 0 Å². The Kier molecular flexibility index (Phi) is 11.2. The summed E-state index contributed by atoms with van der Waals surface area (Å²) in [5.74, 6) is 2.70. The Morgan fingerprint density at radius 2 is 1.80 bits per heavy atom. The van der Waals surface area contributed by atoms with Crippen LogP contribution in [0.2, 0.25) is 0 Å². The largest absolute Gasteiger partial charge is 0.378 e. The molecule has 1 atom stereocenters. The van der Waals surface area contributed by atoms with E-state index in [1.165, 1.54) is 38.5 Å². The van der Waals surface area contributed by atoms with Crippen molar-refractivity contribution in [2.75, 3.05) is 6.61 Å². The summed E-state index contributed by atoms with van der Waals surface area (Å²) in [4.78, 5) is 0. The summed E-state index contributed by atoms with van der Waals surface area (Å²) in [5.41, 5.74) is 0. The van der Waals surface area contributed by atoms with E-state index in [-0.39, 0.29) is 0 Å². The van der Waals surface area contributed by atoms with Crippen LogP contribution in [0.3, 0.4) is 0 Å². The molecule has 0 N–H and O–H groups in total. The second-order valence-electron chi connectivity index (χ2n) is 4.08. The van der Waals surface area contributed by atoms with Gasteiger partial charge in [-0.1, -0.05) is 39.5 Å². The Bertz CT molecular complexity index is 147. The molecule has 0 amide bonds. The third-order valence-corrected chi connectivity index (χ3v) is 2.59. The van der Waals surface area contributed by atoms with Gasteiger partial charge in [-0.3, -0.25) is 0 Å². The lowest BCUT2D eigenvalue weighted by Crippen LogP contribution is -2.13. The second-order valence-corrected chi connectivity index (χ2v) is 4.08. The van der Waals surface area contributed by atoms with E-state index in [1.54, 1.807) is 0 Å². The van der Waals surface area contributed by atoms with Crippen molar-refractivity contribution in [3.05, 3.63) is 0 Å². The van der Waals surface area contributed by atoms with Crippen LogP contribution in [-0.4, -0.2) is 12.7 Å². The topological polar surface area (TPSA) is 9.23 Å². The Balaban J connectivity index is 3.59. The third-order valence-electron chi connectivity index (χ3n) is 2.59. The molecule has 0 aliphatic heterocycles. The average Bonchev–Trinajstić information content (AvgIpc) is 2.25. The zero-order valence-electron chi connectivity index (χ0n) is 10.4. The van der Waals surface area contributed by atoms with Gasteiger partial charge in [-0.25, -0.2) is 0 Å². The van der Waals surface area contributed by atoms with Crippen LogP contribution < -0.4 is 0 Å². The van der Waals surface area contributed by atoms with Gasteiger partial charge in [0, 0.05) is 13.0 Å². The van der Waals surface area contributed by atoms with Gasteiger partial charge in [0.1, 0.15) is 0 Å². The zero-order valence-corrected chi connectivity index (χ0v) is 10.4. The first-order valence-electron chi connectivity index (χ1n) is 6.40. The molecule has 15 heavy (non-hydrogen) atoms. The second kappa shape index (κ2) is 11.6. The van der Waals surface area contributed by atoms with Crippen molar-refractivity contribution in [2.24, 2.45) is 0 Å². The Morgan fingerprint density at radius 1 is 1.07 bits per heavy atom. The standard InChI is InChI=1S/C14H26O/c1-4-7-10-12-14(11-8-5-2)15-13-9-6-3/h2,14H,4,6-13H2,1,3H3/t14-/m1/s1. The molecule has 0 rings (SSSR count). The van der Waals surface area contributed by atoms with Crippen LogP contribution in [0.25, 0.3) is 0 Å². The van der Waals surface area contributed by atoms with Crippen LogP contribution >= 0.6 is 0 Å². The van der Waals surface area contributed by atoms with E-state index in [9.17, 15) is 0 Å². The van der Waals surface area contributed by atoms with Crippen molar-refractivity contribution in [1.29, 1.82) is 0 Å². The maximum Gasteiger partial charge on any atom is 0.0584 e. The molecule has 0 radical (unpaired) electrons. The minimum Gasteiger partial charge on any atom is -0.378 e. The number of hydrogen-bond donors (Lipinski definition) is 0. The minimum absolute atomic E-state index is 0.402. The van der Waals surface area contributed by atoms with E-state index in [1.807, 2.05) is 0 Å². The number of rotatable bonds is 10. The van der Waals surface area contributed by atoms with Crippen molar-refractivity contribution in [3.8, 4) is 12.3 Å². The van der Waals surface area contributed by atoms with Gasteiger partial charge in [-0.05, 0) is 19.3 Å². The average molecular weight is 210 g/mol. The smallest absolute Gasteiger partial charge is 0.0584 e. The molecular weight excluding hydrogens is 184 g/mol. The first-order valence-corrected chi connectivity index (χ1v) is 6.40. The quantitative estimate of drug-likeness (QED) is 0.388. The SMILES string of the molecule is C#CCC[C@H](CCCCC)OCCCC. The van der Waals surface area contributed by atoms with Crippen molar-refractivity contribution in [3.63, 3.8) is 0 Å². The highest BCUT2D eigenvalue weighted by atomic mass is 16.5. The lowest BCUT2D eigenvalue weighted by atomic mass is 10.1. The van der Waals surface area contributed by atoms with Crippen LogP contribution in [0.15, 0.2) is 0 Å². The van der Waals surface area contributed by atoms with Gasteiger partial charge in [-0.15, -0.1) is 12.3 Å². The predicted molar refractivity (Wildman–Crippen MR) is 66.9 cm³/mol. The summed E-state index contributed by atoms with van der Waals surface area (Å²) in [5, 5.41) is 0. The van der Waals surface area contributed by atoms with Crippen LogP contribution in [0.1, 0.15) is 65.2 Å². The van der Waals surface area contributed by atoms with Gasteiger partial charge in [-0.2, -0.15) is 0 Å². The normalized spacial score (nSPS) is 12.3. The fourth-order valence-electron chi connectivity index (χ4n) is 1.57. The van der Waals surface area contributed by atoms with E-state index in [2.05, 4.69) is 19.8 Å². The molecule has 0 aromatic heterocycles. The number of unbranched alkanes of at least 4 members (excludes halogenated alkanes) is 3. The van der Waals surface area contributed by atoms with Gasteiger partial charge in [0.15, 0.2) is 0 Å². The summed E-state index contributed by atoms with van der Waals surface area (Å²) in [7, 11) is 0. The predicted octanol–water partition coefficient (Wildman–Crippen LogP) is 4.17. The summed E-state index contributed by atoms with van der Waals surface area (Å²) >= 11 is 0. The van der Waals surface area contributed by atoms with Crippen molar-refractivity contribution in [1.82, 2.24) is 0 Å². The molecular formula is C14H26O. The van der Waals surface area contributed by atoms with Gasteiger partial charge in [0.25, 0.3) is 0 Å². The first-order chi connectivity index (χ1) is 7.35. The molecule has 0 bridgehead atoms. The van der Waals surface area contributed by atoms with Crippen molar-refractivity contribution < 1.29 is 4.74 Å². The molecule has 0 aliphatic carbocycles. The molecule has 1 nitrogen and oxygen atoms in total. The highest BCUT2D eigenvalue weighted by molar-refractivity contribution is 4.84. The van der Waals surface area contributed by atoms with Crippen molar-refractivity contribution >= 4 is 0 Å². The molecule has 0 aliphatic rings. The fourth-order valence-corrected chi connectivity index (χ4v) is 1.57. The molecule has 1 heteroatoms. The molecule has 0 unspecified atom stereocenters. The molecule has 88 valence electrons.